The number of nitrogens with one attached hydrogen (secondary N) is 2. The lowest BCUT2D eigenvalue weighted by Gasteiger charge is -2.12. The number of allylic oxidation sites excluding steroid dienone is 1. The van der Waals surface area contributed by atoms with E-state index in [-0.39, 0.29) is 17.0 Å². The van der Waals surface area contributed by atoms with Crippen molar-refractivity contribution in [2.24, 2.45) is 0 Å². The lowest BCUT2D eigenvalue weighted by Crippen LogP contribution is -2.30. The van der Waals surface area contributed by atoms with Gasteiger partial charge < -0.3 is 10.3 Å². The highest BCUT2D eigenvalue weighted by molar-refractivity contribution is 5.97. The van der Waals surface area contributed by atoms with Crippen LogP contribution < -0.4 is 10.9 Å². The lowest BCUT2D eigenvalue weighted by molar-refractivity contribution is 0.0952. The third-order valence-electron chi connectivity index (χ3n) is 4.11. The van der Waals surface area contributed by atoms with Crippen molar-refractivity contribution >= 4 is 16.8 Å². The number of hydrogen-bond acceptors (Lipinski definition) is 2. The van der Waals surface area contributed by atoms with Crippen molar-refractivity contribution < 1.29 is 4.79 Å². The van der Waals surface area contributed by atoms with E-state index in [9.17, 15) is 9.59 Å². The summed E-state index contributed by atoms with van der Waals surface area (Å²) < 4.78 is 0. The summed E-state index contributed by atoms with van der Waals surface area (Å²) >= 11 is 0. The van der Waals surface area contributed by atoms with Crippen molar-refractivity contribution in [2.45, 2.75) is 32.1 Å². The minimum atomic E-state index is -0.340. The van der Waals surface area contributed by atoms with Gasteiger partial charge in [-0.15, -0.1) is 0 Å². The van der Waals surface area contributed by atoms with Crippen molar-refractivity contribution in [3.8, 4) is 0 Å². The minimum Gasteiger partial charge on any atom is -0.352 e. The van der Waals surface area contributed by atoms with Gasteiger partial charge in [-0.3, -0.25) is 9.59 Å². The Hall–Kier alpha value is -2.36. The van der Waals surface area contributed by atoms with Gasteiger partial charge in [-0.2, -0.15) is 0 Å². The number of benzene rings is 1. The number of H-pyrrole nitrogens is 1. The third kappa shape index (κ3) is 3.27. The van der Waals surface area contributed by atoms with Gasteiger partial charge in [0.15, 0.2) is 0 Å². The normalized spacial score (nSPS) is 14.6. The Morgan fingerprint density at radius 3 is 2.91 bits per heavy atom. The minimum absolute atomic E-state index is 0.177. The number of fused-ring (bicyclic) bond motifs is 1. The Labute approximate surface area is 129 Å². The Balaban J connectivity index is 1.68. The van der Waals surface area contributed by atoms with Crippen LogP contribution in [0.4, 0.5) is 0 Å². The quantitative estimate of drug-likeness (QED) is 0.851. The van der Waals surface area contributed by atoms with Crippen LogP contribution in [-0.2, 0) is 0 Å². The maximum absolute atomic E-state index is 12.2. The molecule has 3 rings (SSSR count). The largest absolute Gasteiger partial charge is 0.352 e. The second-order valence-electron chi connectivity index (χ2n) is 5.71. The summed E-state index contributed by atoms with van der Waals surface area (Å²) in [6.07, 6.45) is 7.93. The monoisotopic (exact) mass is 296 g/mol. The summed E-state index contributed by atoms with van der Waals surface area (Å²) in [5.74, 6) is -0.302. The average molecular weight is 296 g/mol. The summed E-state index contributed by atoms with van der Waals surface area (Å²) in [5, 5.41) is 3.72. The van der Waals surface area contributed by atoms with Crippen LogP contribution in [0, 0.1) is 0 Å². The predicted molar refractivity (Wildman–Crippen MR) is 88.1 cm³/mol. The third-order valence-corrected chi connectivity index (χ3v) is 4.11. The predicted octanol–water partition coefficient (Wildman–Crippen LogP) is 3.15. The Kier molecular flexibility index (Phi) is 4.37. The van der Waals surface area contributed by atoms with Crippen LogP contribution in [0.2, 0.25) is 0 Å². The van der Waals surface area contributed by atoms with Crippen LogP contribution in [0.1, 0.15) is 42.5 Å². The molecule has 1 aromatic carbocycles. The smallest absolute Gasteiger partial charge is 0.261 e. The summed E-state index contributed by atoms with van der Waals surface area (Å²) in [6, 6.07) is 9.11. The Bertz CT molecular complexity index is 774. The molecule has 0 saturated heterocycles. The highest BCUT2D eigenvalue weighted by Crippen LogP contribution is 2.19. The summed E-state index contributed by atoms with van der Waals surface area (Å²) in [4.78, 5) is 27.0. The van der Waals surface area contributed by atoms with Crippen molar-refractivity contribution in [2.75, 3.05) is 6.54 Å². The fraction of sp³-hybridized carbons (Fsp3) is 0.333. The Morgan fingerprint density at radius 2 is 2.09 bits per heavy atom. The molecule has 0 radical (unpaired) electrons. The summed E-state index contributed by atoms with van der Waals surface area (Å²) in [7, 11) is 0. The van der Waals surface area contributed by atoms with Gasteiger partial charge in [0.05, 0.1) is 0 Å². The average Bonchev–Trinajstić information content (AvgIpc) is 2.55. The molecule has 4 heteroatoms. The fourth-order valence-electron chi connectivity index (χ4n) is 2.88. The molecule has 1 aliphatic rings. The molecule has 1 amide bonds. The van der Waals surface area contributed by atoms with E-state index in [1.165, 1.54) is 18.4 Å². The molecule has 22 heavy (non-hydrogen) atoms. The molecular weight excluding hydrogens is 276 g/mol. The van der Waals surface area contributed by atoms with Gasteiger partial charge in [0.25, 0.3) is 11.5 Å². The van der Waals surface area contributed by atoms with Crippen LogP contribution >= 0.6 is 0 Å². The van der Waals surface area contributed by atoms with Gasteiger partial charge in [0.1, 0.15) is 5.56 Å². The van der Waals surface area contributed by atoms with E-state index in [0.717, 1.165) is 30.2 Å². The van der Waals surface area contributed by atoms with Crippen LogP contribution in [0.5, 0.6) is 0 Å². The Morgan fingerprint density at radius 1 is 1.23 bits per heavy atom. The second-order valence-corrected chi connectivity index (χ2v) is 5.71. The van der Waals surface area contributed by atoms with Crippen LogP contribution in [0.3, 0.4) is 0 Å². The number of aromatic amines is 1. The molecule has 0 bridgehead atoms. The number of rotatable bonds is 4. The van der Waals surface area contributed by atoms with Gasteiger partial charge in [-0.05, 0) is 49.6 Å². The van der Waals surface area contributed by atoms with Crippen molar-refractivity contribution in [1.82, 2.24) is 10.3 Å². The number of hydrogen-bond donors (Lipinski definition) is 2. The zero-order valence-electron chi connectivity index (χ0n) is 12.5. The van der Waals surface area contributed by atoms with Crippen molar-refractivity contribution in [1.29, 1.82) is 0 Å². The number of aromatic nitrogens is 1. The second kappa shape index (κ2) is 6.60. The van der Waals surface area contributed by atoms with E-state index in [1.54, 1.807) is 6.07 Å². The molecule has 1 aliphatic carbocycles. The van der Waals surface area contributed by atoms with Gasteiger partial charge in [-0.1, -0.05) is 29.8 Å². The number of amides is 1. The van der Waals surface area contributed by atoms with Gasteiger partial charge in [0, 0.05) is 12.1 Å². The van der Waals surface area contributed by atoms with Gasteiger partial charge >= 0.3 is 0 Å². The standard InChI is InChI=1S/C18H20N2O2/c21-17(19-11-10-13-6-2-1-3-7-13)15-12-14-8-4-5-9-16(14)20-18(15)22/h4-6,8-9,12H,1-3,7,10-11H2,(H,19,21)(H,20,22). The molecule has 2 aromatic rings. The SMILES string of the molecule is O=C(NCCC1=CCCCC1)c1cc2ccccc2[nH]c1=O. The van der Waals surface area contributed by atoms with Crippen LogP contribution in [-0.4, -0.2) is 17.4 Å². The number of pyridine rings is 1. The first-order chi connectivity index (χ1) is 10.7. The zero-order valence-corrected chi connectivity index (χ0v) is 12.5. The molecule has 1 aromatic heterocycles. The van der Waals surface area contributed by atoms with E-state index in [0.29, 0.717) is 6.54 Å². The first-order valence-corrected chi connectivity index (χ1v) is 7.82. The molecule has 0 saturated carbocycles. The number of carbonyl (C=O) groups excluding carboxylic acids is 1. The van der Waals surface area contributed by atoms with Crippen LogP contribution in [0.15, 0.2) is 46.8 Å². The van der Waals surface area contributed by atoms with Crippen molar-refractivity contribution in [3.63, 3.8) is 0 Å². The summed E-state index contributed by atoms with van der Waals surface area (Å²) in [6.45, 7) is 0.580. The molecule has 0 unspecified atom stereocenters. The van der Waals surface area contributed by atoms with E-state index in [1.807, 2.05) is 24.3 Å². The first kappa shape index (κ1) is 14.6. The molecule has 1 heterocycles. The van der Waals surface area contributed by atoms with Gasteiger partial charge in [-0.25, -0.2) is 0 Å². The lowest BCUT2D eigenvalue weighted by atomic mass is 9.97. The fourth-order valence-corrected chi connectivity index (χ4v) is 2.88. The molecule has 2 N–H and O–H groups in total. The molecule has 0 aliphatic heterocycles. The maximum Gasteiger partial charge on any atom is 0.261 e. The highest BCUT2D eigenvalue weighted by atomic mass is 16.2. The maximum atomic E-state index is 12.2. The van der Waals surface area contributed by atoms with Crippen LogP contribution in [0.25, 0.3) is 10.9 Å². The first-order valence-electron chi connectivity index (χ1n) is 7.82. The number of para-hydroxylation sites is 1. The molecular formula is C18H20N2O2. The molecule has 0 fully saturated rings. The number of carbonyl (C=O) groups is 1. The van der Waals surface area contributed by atoms with E-state index < -0.39 is 0 Å². The van der Waals surface area contributed by atoms with Crippen molar-refractivity contribution in [3.05, 3.63) is 57.9 Å². The van der Waals surface area contributed by atoms with E-state index in [4.69, 9.17) is 0 Å². The topological polar surface area (TPSA) is 62.0 Å². The van der Waals surface area contributed by atoms with E-state index in [2.05, 4.69) is 16.4 Å². The van der Waals surface area contributed by atoms with E-state index >= 15 is 0 Å². The van der Waals surface area contributed by atoms with Gasteiger partial charge in [0.2, 0.25) is 0 Å². The molecule has 114 valence electrons. The molecule has 0 spiro atoms. The highest BCUT2D eigenvalue weighted by Gasteiger charge is 2.11. The molecule has 0 atom stereocenters. The summed E-state index contributed by atoms with van der Waals surface area (Å²) in [5.41, 5.74) is 2.00. The zero-order chi connectivity index (χ0) is 15.4. The molecule has 4 nitrogen and oxygen atoms in total.